The molecule has 1 nitrogen and oxygen atoms in total. The van der Waals surface area contributed by atoms with Gasteiger partial charge in [-0.1, -0.05) is 28.9 Å². The van der Waals surface area contributed by atoms with Gasteiger partial charge in [-0.15, -0.1) is 11.3 Å². The van der Waals surface area contributed by atoms with Crippen molar-refractivity contribution in [1.29, 1.82) is 0 Å². The molecular formula is C14H13BrOS. The van der Waals surface area contributed by atoms with E-state index in [1.807, 2.05) is 25.1 Å². The van der Waals surface area contributed by atoms with Gasteiger partial charge in [0.25, 0.3) is 0 Å². The number of halogens is 1. The molecular weight excluding hydrogens is 296 g/mol. The summed E-state index contributed by atoms with van der Waals surface area (Å²) >= 11 is 5.06. The van der Waals surface area contributed by atoms with E-state index in [0.29, 0.717) is 6.42 Å². The van der Waals surface area contributed by atoms with Gasteiger partial charge < -0.3 is 0 Å². The maximum Gasteiger partial charge on any atom is 0.172 e. The summed E-state index contributed by atoms with van der Waals surface area (Å²) in [7, 11) is 0. The van der Waals surface area contributed by atoms with Crippen molar-refractivity contribution < 1.29 is 4.79 Å². The van der Waals surface area contributed by atoms with E-state index in [1.54, 1.807) is 11.3 Å². The minimum atomic E-state index is 0.218. The topological polar surface area (TPSA) is 17.1 Å². The van der Waals surface area contributed by atoms with Crippen molar-refractivity contribution in [2.24, 2.45) is 0 Å². The largest absolute Gasteiger partial charge is 0.293 e. The summed E-state index contributed by atoms with van der Waals surface area (Å²) in [6, 6.07) is 10.2. The number of Topliss-reactive ketones (excluding diaryl/α,β-unsaturated/α-hetero) is 1. The van der Waals surface area contributed by atoms with Gasteiger partial charge in [0, 0.05) is 15.8 Å². The number of carbonyl (C=O) groups excluding carboxylic acids is 1. The molecule has 0 radical (unpaired) electrons. The molecule has 0 aliphatic rings. The number of ketones is 1. The second kappa shape index (κ2) is 5.15. The zero-order chi connectivity index (χ0) is 12.4. The van der Waals surface area contributed by atoms with Gasteiger partial charge in [-0.05, 0) is 42.3 Å². The van der Waals surface area contributed by atoms with Crippen LogP contribution >= 0.6 is 27.3 Å². The van der Waals surface area contributed by atoms with Crippen LogP contribution in [0, 0.1) is 6.92 Å². The van der Waals surface area contributed by atoms with Crippen LogP contribution < -0.4 is 0 Å². The Labute approximate surface area is 114 Å². The molecule has 0 N–H and O–H groups in total. The van der Waals surface area contributed by atoms with Crippen molar-refractivity contribution in [3.8, 4) is 10.4 Å². The first kappa shape index (κ1) is 12.5. The molecule has 17 heavy (non-hydrogen) atoms. The molecule has 2 rings (SSSR count). The minimum absolute atomic E-state index is 0.218. The average Bonchev–Trinajstić information content (AvgIpc) is 2.81. The smallest absolute Gasteiger partial charge is 0.172 e. The molecule has 88 valence electrons. The molecule has 0 unspecified atom stereocenters. The fourth-order valence-electron chi connectivity index (χ4n) is 1.62. The highest BCUT2D eigenvalue weighted by atomic mass is 79.9. The molecule has 3 heteroatoms. The number of benzene rings is 1. The van der Waals surface area contributed by atoms with Gasteiger partial charge in [0.15, 0.2) is 5.78 Å². The maximum atomic E-state index is 11.6. The van der Waals surface area contributed by atoms with Gasteiger partial charge in [0.05, 0.1) is 4.88 Å². The quantitative estimate of drug-likeness (QED) is 0.723. The van der Waals surface area contributed by atoms with Crippen molar-refractivity contribution in [2.45, 2.75) is 20.3 Å². The molecule has 0 bridgehead atoms. The Balaban J connectivity index is 2.37. The third-order valence-electron chi connectivity index (χ3n) is 2.64. The summed E-state index contributed by atoms with van der Waals surface area (Å²) in [5.74, 6) is 0.218. The van der Waals surface area contributed by atoms with Crippen LogP contribution in [-0.2, 0) is 0 Å². The van der Waals surface area contributed by atoms with Crippen LogP contribution in [0.3, 0.4) is 0 Å². The van der Waals surface area contributed by atoms with Crippen molar-refractivity contribution in [3.05, 3.63) is 45.2 Å². The number of thiophene rings is 1. The van der Waals surface area contributed by atoms with Crippen LogP contribution in [0.4, 0.5) is 0 Å². The number of hydrogen-bond donors (Lipinski definition) is 0. The van der Waals surface area contributed by atoms with Gasteiger partial charge in [-0.25, -0.2) is 0 Å². The van der Waals surface area contributed by atoms with Crippen LogP contribution in [0.1, 0.15) is 28.6 Å². The number of rotatable bonds is 3. The third kappa shape index (κ3) is 2.67. The summed E-state index contributed by atoms with van der Waals surface area (Å²) in [6.45, 7) is 3.96. The van der Waals surface area contributed by atoms with Crippen LogP contribution in [0.25, 0.3) is 10.4 Å². The fraction of sp³-hybridized carbons (Fsp3) is 0.214. The van der Waals surface area contributed by atoms with Crippen molar-refractivity contribution in [3.63, 3.8) is 0 Å². The SMILES string of the molecule is CCC(=O)c1ccc(-c2ccc(Br)c(C)c2)s1. The average molecular weight is 309 g/mol. The summed E-state index contributed by atoms with van der Waals surface area (Å²) in [6.07, 6.45) is 0.569. The van der Waals surface area contributed by atoms with Gasteiger partial charge >= 0.3 is 0 Å². The predicted octanol–water partition coefficient (Wildman–Crippen LogP) is 5.08. The first-order chi connectivity index (χ1) is 8.11. The van der Waals surface area contributed by atoms with Crippen molar-refractivity contribution in [1.82, 2.24) is 0 Å². The Morgan fingerprint density at radius 1 is 1.29 bits per heavy atom. The zero-order valence-corrected chi connectivity index (χ0v) is 12.2. The molecule has 1 heterocycles. The molecule has 0 fully saturated rings. The van der Waals surface area contributed by atoms with E-state index in [-0.39, 0.29) is 5.78 Å². The lowest BCUT2D eigenvalue weighted by Gasteiger charge is -2.01. The highest BCUT2D eigenvalue weighted by molar-refractivity contribution is 9.10. The van der Waals surface area contributed by atoms with Crippen molar-refractivity contribution >= 4 is 33.0 Å². The lowest BCUT2D eigenvalue weighted by atomic mass is 10.1. The normalized spacial score (nSPS) is 10.5. The fourth-order valence-corrected chi connectivity index (χ4v) is 2.87. The van der Waals surface area contributed by atoms with E-state index in [4.69, 9.17) is 0 Å². The van der Waals surface area contributed by atoms with Gasteiger partial charge in [-0.3, -0.25) is 4.79 Å². The molecule has 0 saturated carbocycles. The molecule has 1 aromatic heterocycles. The minimum Gasteiger partial charge on any atom is -0.293 e. The summed E-state index contributed by atoms with van der Waals surface area (Å²) in [4.78, 5) is 13.6. The summed E-state index contributed by atoms with van der Waals surface area (Å²) in [5.41, 5.74) is 2.38. The molecule has 0 aliphatic heterocycles. The first-order valence-corrected chi connectivity index (χ1v) is 7.12. The molecule has 1 aromatic carbocycles. The van der Waals surface area contributed by atoms with Crippen LogP contribution in [0.5, 0.6) is 0 Å². The highest BCUT2D eigenvalue weighted by Crippen LogP contribution is 2.31. The third-order valence-corrected chi connectivity index (χ3v) is 4.71. The molecule has 0 spiro atoms. The van der Waals surface area contributed by atoms with E-state index in [9.17, 15) is 4.79 Å². The lowest BCUT2D eigenvalue weighted by Crippen LogP contribution is -1.90. The molecule has 0 amide bonds. The molecule has 0 aliphatic carbocycles. The first-order valence-electron chi connectivity index (χ1n) is 5.51. The van der Waals surface area contributed by atoms with Gasteiger partial charge in [0.2, 0.25) is 0 Å². The Morgan fingerprint density at radius 2 is 2.06 bits per heavy atom. The van der Waals surface area contributed by atoms with Crippen LogP contribution in [-0.4, -0.2) is 5.78 Å². The Kier molecular flexibility index (Phi) is 3.79. The Bertz CT molecular complexity index is 557. The van der Waals surface area contributed by atoms with Crippen molar-refractivity contribution in [2.75, 3.05) is 0 Å². The second-order valence-corrected chi connectivity index (χ2v) is 5.84. The van der Waals surface area contributed by atoms with E-state index >= 15 is 0 Å². The predicted molar refractivity (Wildman–Crippen MR) is 76.8 cm³/mol. The van der Waals surface area contributed by atoms with Crippen LogP contribution in [0.2, 0.25) is 0 Å². The van der Waals surface area contributed by atoms with E-state index in [1.165, 1.54) is 11.1 Å². The van der Waals surface area contributed by atoms with Gasteiger partial charge in [0.1, 0.15) is 0 Å². The van der Waals surface area contributed by atoms with E-state index < -0.39 is 0 Å². The Hall–Kier alpha value is -0.930. The van der Waals surface area contributed by atoms with E-state index in [2.05, 4.69) is 35.0 Å². The number of carbonyl (C=O) groups is 1. The van der Waals surface area contributed by atoms with Crippen LogP contribution in [0.15, 0.2) is 34.8 Å². The number of hydrogen-bond acceptors (Lipinski definition) is 2. The summed E-state index contributed by atoms with van der Waals surface area (Å²) < 4.78 is 1.11. The zero-order valence-electron chi connectivity index (χ0n) is 9.79. The monoisotopic (exact) mass is 308 g/mol. The second-order valence-electron chi connectivity index (χ2n) is 3.90. The van der Waals surface area contributed by atoms with E-state index in [0.717, 1.165) is 14.2 Å². The molecule has 0 saturated heterocycles. The lowest BCUT2D eigenvalue weighted by molar-refractivity contribution is 0.0992. The molecule has 2 aromatic rings. The summed E-state index contributed by atoms with van der Waals surface area (Å²) in [5, 5.41) is 0. The standard InChI is InChI=1S/C14H13BrOS/c1-3-12(16)14-7-6-13(17-14)10-4-5-11(15)9(2)8-10/h4-8H,3H2,1-2H3. The molecule has 0 atom stereocenters. The number of aryl methyl sites for hydroxylation is 1. The van der Waals surface area contributed by atoms with Gasteiger partial charge in [-0.2, -0.15) is 0 Å². The highest BCUT2D eigenvalue weighted by Gasteiger charge is 2.08. The maximum absolute atomic E-state index is 11.6. The Morgan fingerprint density at radius 3 is 2.71 bits per heavy atom.